The fourth-order valence-electron chi connectivity index (χ4n) is 8.04. The van der Waals surface area contributed by atoms with Crippen molar-refractivity contribution in [2.75, 3.05) is 52.4 Å². The molecule has 0 aromatic rings. The van der Waals surface area contributed by atoms with Gasteiger partial charge in [0.2, 0.25) is 17.7 Å². The molecule has 0 bridgehead atoms. The lowest BCUT2D eigenvalue weighted by Crippen LogP contribution is -2.35. The highest BCUT2D eigenvalue weighted by atomic mass is 16.1. The average Bonchev–Trinajstić information content (AvgIpc) is 3.37. The van der Waals surface area contributed by atoms with Crippen LogP contribution in [0.5, 0.6) is 0 Å². The minimum Gasteiger partial charge on any atom is -0.370 e. The first-order valence-corrected chi connectivity index (χ1v) is 31.0. The summed E-state index contributed by atoms with van der Waals surface area (Å²) >= 11 is 0. The van der Waals surface area contributed by atoms with Gasteiger partial charge in [0.15, 0.2) is 0 Å². The predicted octanol–water partition coefficient (Wildman–Crippen LogP) is 14.2. The van der Waals surface area contributed by atoms with Crippen LogP contribution in [0.2, 0.25) is 0 Å². The number of allylic oxidation sites excluding steroid dienone is 6. The Hall–Kier alpha value is -2.57. The molecular weight excluding hydrogens is 905 g/mol. The van der Waals surface area contributed by atoms with E-state index < -0.39 is 0 Å². The summed E-state index contributed by atoms with van der Waals surface area (Å²) in [6, 6.07) is 0. The van der Waals surface area contributed by atoms with Crippen LogP contribution in [0.4, 0.5) is 0 Å². The van der Waals surface area contributed by atoms with E-state index in [2.05, 4.69) is 73.2 Å². The molecule has 0 heterocycles. The second kappa shape index (κ2) is 75.9. The summed E-state index contributed by atoms with van der Waals surface area (Å²) in [6.45, 7) is 13.9. The fourth-order valence-corrected chi connectivity index (χ4v) is 8.04. The van der Waals surface area contributed by atoms with Crippen molar-refractivity contribution in [3.63, 3.8) is 0 Å². The molecule has 0 saturated carbocycles. The van der Waals surface area contributed by atoms with Crippen molar-refractivity contribution in [2.24, 2.45) is 28.7 Å². The molecule has 0 atom stereocenters. The standard InChI is InChI=1S/3C18H35NO.C8H23N5/c3*1-2-3-4-5-6-7-8-9-10-11-12-13-14-15-16-17-18(19)20;9-1-3-11-5-7-13-8-6-12-4-2-10/h3*9-10H,2-8,11-17H2,1H3,(H2,19,20);11-13H,1-10H2/b3*10-9-;. The number of carbonyl (C=O) groups excluding carboxylic acids is 3. The van der Waals surface area contributed by atoms with E-state index in [0.717, 1.165) is 77.8 Å². The van der Waals surface area contributed by atoms with Crippen LogP contribution in [0.3, 0.4) is 0 Å². The number of nitrogens with one attached hydrogen (secondary N) is 3. The van der Waals surface area contributed by atoms with E-state index in [4.69, 9.17) is 28.7 Å². The van der Waals surface area contributed by atoms with E-state index in [0.29, 0.717) is 32.4 Å². The SMILES string of the molecule is CCCCCCCC/C=C\CCCCCCCC(N)=O.CCCCCCCC/C=C\CCCCCCCC(N)=O.CCCCCCCC/C=C\CCCCCCCC(N)=O.NCCNCCNCCNCCN. The minimum atomic E-state index is -0.164. The Bertz CT molecular complexity index is 1010. The number of amides is 3. The zero-order chi connectivity index (χ0) is 54.5. The maximum absolute atomic E-state index is 10.5. The molecule has 0 aromatic heterocycles. The van der Waals surface area contributed by atoms with Crippen LogP contribution in [-0.4, -0.2) is 70.1 Å². The molecule has 0 aromatic carbocycles. The van der Waals surface area contributed by atoms with Crippen molar-refractivity contribution in [1.29, 1.82) is 0 Å². The summed E-state index contributed by atoms with van der Waals surface area (Å²) in [6.07, 6.45) is 65.8. The van der Waals surface area contributed by atoms with Gasteiger partial charge in [-0.3, -0.25) is 14.4 Å². The lowest BCUT2D eigenvalue weighted by Gasteiger charge is -2.06. The highest BCUT2D eigenvalue weighted by Gasteiger charge is 1.97. The Kier molecular flexibility index (Phi) is 80.0. The summed E-state index contributed by atoms with van der Waals surface area (Å²) in [7, 11) is 0. The monoisotopic (exact) mass is 1030 g/mol. The Balaban J connectivity index is -0.000000440. The van der Waals surface area contributed by atoms with Gasteiger partial charge in [-0.15, -0.1) is 0 Å². The zero-order valence-electron chi connectivity index (χ0n) is 48.9. The quantitative estimate of drug-likeness (QED) is 0.0216. The average molecular weight is 1030 g/mol. The van der Waals surface area contributed by atoms with E-state index in [1.54, 1.807) is 0 Å². The second-order valence-corrected chi connectivity index (χ2v) is 20.2. The summed E-state index contributed by atoms with van der Waals surface area (Å²) in [5.74, 6) is -0.493. The number of unbranched alkanes of at least 4 members (excludes halogenated alkanes) is 33. The smallest absolute Gasteiger partial charge is 0.217 e. The molecule has 434 valence electrons. The van der Waals surface area contributed by atoms with Gasteiger partial charge in [-0.05, 0) is 96.3 Å². The summed E-state index contributed by atoms with van der Waals surface area (Å²) < 4.78 is 0. The maximum Gasteiger partial charge on any atom is 0.217 e. The molecule has 0 fully saturated rings. The van der Waals surface area contributed by atoms with Crippen molar-refractivity contribution >= 4 is 17.7 Å². The number of hydrogen-bond donors (Lipinski definition) is 8. The Morgan fingerprint density at radius 1 is 0.274 bits per heavy atom. The predicted molar refractivity (Wildman–Crippen MR) is 323 cm³/mol. The molecule has 0 radical (unpaired) electrons. The van der Waals surface area contributed by atoms with E-state index in [9.17, 15) is 14.4 Å². The third-order valence-corrected chi connectivity index (χ3v) is 12.7. The van der Waals surface area contributed by atoms with Crippen LogP contribution in [-0.2, 0) is 14.4 Å². The van der Waals surface area contributed by atoms with Gasteiger partial charge in [0, 0.05) is 71.6 Å². The number of primary amides is 3. The second-order valence-electron chi connectivity index (χ2n) is 20.2. The summed E-state index contributed by atoms with van der Waals surface area (Å²) in [4.78, 5) is 31.6. The van der Waals surface area contributed by atoms with E-state index >= 15 is 0 Å². The van der Waals surface area contributed by atoms with Crippen molar-refractivity contribution < 1.29 is 14.4 Å². The van der Waals surface area contributed by atoms with Gasteiger partial charge in [-0.2, -0.15) is 0 Å². The van der Waals surface area contributed by atoms with E-state index in [1.165, 1.54) is 212 Å². The molecule has 0 saturated heterocycles. The number of nitrogens with two attached hydrogens (primary N) is 5. The molecule has 3 amide bonds. The van der Waals surface area contributed by atoms with Gasteiger partial charge in [0.05, 0.1) is 0 Å². The number of carbonyl (C=O) groups is 3. The molecule has 0 rings (SSSR count). The Labute approximate surface area is 454 Å². The summed E-state index contributed by atoms with van der Waals surface area (Å²) in [5, 5.41) is 9.71. The van der Waals surface area contributed by atoms with Crippen molar-refractivity contribution in [3.8, 4) is 0 Å². The molecule has 0 spiro atoms. The van der Waals surface area contributed by atoms with E-state index in [-0.39, 0.29) is 17.7 Å². The fraction of sp³-hybridized carbons (Fsp3) is 0.855. The van der Waals surface area contributed by atoms with Crippen LogP contribution in [0.25, 0.3) is 0 Å². The van der Waals surface area contributed by atoms with E-state index in [1.807, 2.05) is 0 Å². The third-order valence-electron chi connectivity index (χ3n) is 12.7. The molecule has 0 aliphatic heterocycles. The van der Waals surface area contributed by atoms with Gasteiger partial charge in [-0.25, -0.2) is 0 Å². The Morgan fingerprint density at radius 3 is 0.644 bits per heavy atom. The molecule has 0 aliphatic carbocycles. The molecule has 13 N–H and O–H groups in total. The third kappa shape index (κ3) is 92.5. The van der Waals surface area contributed by atoms with Crippen molar-refractivity contribution in [2.45, 2.75) is 290 Å². The van der Waals surface area contributed by atoms with Gasteiger partial charge in [0.25, 0.3) is 0 Å². The molecule has 0 aliphatic rings. The molecule has 11 heteroatoms. The van der Waals surface area contributed by atoms with Crippen LogP contribution in [0.1, 0.15) is 290 Å². The van der Waals surface area contributed by atoms with Crippen molar-refractivity contribution in [3.05, 3.63) is 36.5 Å². The van der Waals surface area contributed by atoms with Gasteiger partial charge in [-0.1, -0.05) is 211 Å². The van der Waals surface area contributed by atoms with Crippen LogP contribution < -0.4 is 44.6 Å². The highest BCUT2D eigenvalue weighted by molar-refractivity contribution is 5.74. The van der Waals surface area contributed by atoms with Crippen LogP contribution in [0.15, 0.2) is 36.5 Å². The first-order chi connectivity index (χ1) is 35.7. The van der Waals surface area contributed by atoms with Gasteiger partial charge < -0.3 is 44.6 Å². The minimum absolute atomic E-state index is 0.164. The Morgan fingerprint density at radius 2 is 0.452 bits per heavy atom. The lowest BCUT2D eigenvalue weighted by atomic mass is 10.1. The zero-order valence-corrected chi connectivity index (χ0v) is 48.9. The topological polar surface area (TPSA) is 217 Å². The van der Waals surface area contributed by atoms with Crippen molar-refractivity contribution in [1.82, 2.24) is 16.0 Å². The largest absolute Gasteiger partial charge is 0.370 e. The first kappa shape index (κ1) is 76.9. The molecule has 73 heavy (non-hydrogen) atoms. The number of rotatable bonds is 55. The highest BCUT2D eigenvalue weighted by Crippen LogP contribution is 2.13. The van der Waals surface area contributed by atoms with Crippen LogP contribution >= 0.6 is 0 Å². The summed E-state index contributed by atoms with van der Waals surface area (Å²) in [5.41, 5.74) is 25.9. The first-order valence-electron chi connectivity index (χ1n) is 31.0. The normalized spacial score (nSPS) is 11.1. The molecular formula is C62H128N8O3. The molecule has 0 unspecified atom stereocenters. The lowest BCUT2D eigenvalue weighted by molar-refractivity contribution is -0.119. The maximum atomic E-state index is 10.5. The van der Waals surface area contributed by atoms with Gasteiger partial charge in [0.1, 0.15) is 0 Å². The van der Waals surface area contributed by atoms with Gasteiger partial charge >= 0.3 is 0 Å². The van der Waals surface area contributed by atoms with Crippen LogP contribution in [0, 0.1) is 0 Å². The molecule has 11 nitrogen and oxygen atoms in total. The number of hydrogen-bond acceptors (Lipinski definition) is 8.